The molecule has 0 aliphatic carbocycles. The summed E-state index contributed by atoms with van der Waals surface area (Å²) in [6.45, 7) is 1.89. The largest absolute Gasteiger partial charge is 0.493 e. The molecule has 0 unspecified atom stereocenters. The van der Waals surface area contributed by atoms with Gasteiger partial charge in [0.2, 0.25) is 5.75 Å². The zero-order valence-corrected chi connectivity index (χ0v) is 20.0. The molecule has 170 valence electrons. The first kappa shape index (κ1) is 24.7. The van der Waals surface area contributed by atoms with Crippen molar-refractivity contribution in [2.45, 2.75) is 19.3 Å². The molecule has 1 aromatic carbocycles. The van der Waals surface area contributed by atoms with Crippen LogP contribution in [0, 0.1) is 0 Å². The monoisotopic (exact) mass is 446 g/mol. The van der Waals surface area contributed by atoms with Crippen molar-refractivity contribution in [3.63, 3.8) is 0 Å². The Bertz CT molecular complexity index is 793. The summed E-state index contributed by atoms with van der Waals surface area (Å²) in [5.74, 6) is 2.75. The number of hydrogen-bond donors (Lipinski definition) is 0. The van der Waals surface area contributed by atoms with Crippen molar-refractivity contribution in [2.24, 2.45) is 0 Å². The molecule has 2 rings (SSSR count). The molecule has 0 saturated carbocycles. The Kier molecular flexibility index (Phi) is 10.4. The van der Waals surface area contributed by atoms with Gasteiger partial charge in [-0.25, -0.2) is 0 Å². The van der Waals surface area contributed by atoms with Gasteiger partial charge in [-0.05, 0) is 42.7 Å². The summed E-state index contributed by atoms with van der Waals surface area (Å²) in [6, 6.07) is 3.88. The number of thioether (sulfide) groups is 1. The second-order valence-corrected chi connectivity index (χ2v) is 8.37. The molecule has 31 heavy (non-hydrogen) atoms. The summed E-state index contributed by atoms with van der Waals surface area (Å²) in [7, 11) is 8.43. The second-order valence-electron chi connectivity index (χ2n) is 7.33. The molecular formula is C24H34N2O4S. The van der Waals surface area contributed by atoms with Gasteiger partial charge in [-0.15, -0.1) is 0 Å². The lowest BCUT2D eigenvalue weighted by atomic mass is 10.1. The summed E-state index contributed by atoms with van der Waals surface area (Å²) in [5, 5.41) is 0.128. The quantitative estimate of drug-likeness (QED) is 0.443. The van der Waals surface area contributed by atoms with Crippen LogP contribution in [0.1, 0.15) is 24.8 Å². The first-order chi connectivity index (χ1) is 15.0. The minimum absolute atomic E-state index is 0.128. The molecule has 1 heterocycles. The number of ether oxygens (including phenoxy) is 3. The molecule has 7 heteroatoms. The van der Waals surface area contributed by atoms with Crippen LogP contribution in [0.15, 0.2) is 42.1 Å². The van der Waals surface area contributed by atoms with E-state index in [9.17, 15) is 4.79 Å². The number of nitrogens with zero attached hydrogens (tertiary/aromatic N) is 2. The van der Waals surface area contributed by atoms with Crippen molar-refractivity contribution in [1.29, 1.82) is 0 Å². The Morgan fingerprint density at radius 1 is 1.06 bits per heavy atom. The molecule has 0 bridgehead atoms. The average Bonchev–Trinajstić information content (AvgIpc) is 2.79. The number of unbranched alkanes of at least 4 members (excludes halogenated alkanes) is 2. The molecule has 1 aromatic rings. The number of benzene rings is 1. The van der Waals surface area contributed by atoms with E-state index in [1.807, 2.05) is 12.1 Å². The van der Waals surface area contributed by atoms with E-state index in [-0.39, 0.29) is 5.24 Å². The molecule has 1 aliphatic heterocycles. The molecule has 0 saturated heterocycles. The molecule has 0 N–H and O–H groups in total. The van der Waals surface area contributed by atoms with E-state index in [2.05, 4.69) is 35.3 Å². The van der Waals surface area contributed by atoms with Crippen LogP contribution in [0.25, 0.3) is 6.08 Å². The number of methoxy groups -OCH3 is 3. The molecule has 0 radical (unpaired) electrons. The van der Waals surface area contributed by atoms with Crippen molar-refractivity contribution in [1.82, 2.24) is 9.80 Å². The first-order valence-electron chi connectivity index (χ1n) is 10.4. The van der Waals surface area contributed by atoms with Gasteiger partial charge in [-0.2, -0.15) is 0 Å². The highest BCUT2D eigenvalue weighted by atomic mass is 32.2. The van der Waals surface area contributed by atoms with E-state index in [1.165, 1.54) is 17.5 Å². The van der Waals surface area contributed by atoms with E-state index < -0.39 is 0 Å². The zero-order valence-electron chi connectivity index (χ0n) is 19.2. The molecule has 0 atom stereocenters. The fraction of sp³-hybridized carbons (Fsp3) is 0.458. The fourth-order valence-corrected chi connectivity index (χ4v) is 3.98. The van der Waals surface area contributed by atoms with Crippen molar-refractivity contribution >= 4 is 23.1 Å². The predicted molar refractivity (Wildman–Crippen MR) is 129 cm³/mol. The van der Waals surface area contributed by atoms with E-state index >= 15 is 0 Å². The summed E-state index contributed by atoms with van der Waals surface area (Å²) in [4.78, 5) is 15.6. The number of rotatable bonds is 11. The smallest absolute Gasteiger partial charge is 0.281 e. The van der Waals surface area contributed by atoms with Gasteiger partial charge in [0.15, 0.2) is 11.5 Å². The number of carbonyl (C=O) groups excluding carboxylic acids is 1. The van der Waals surface area contributed by atoms with Crippen LogP contribution in [0.2, 0.25) is 0 Å². The van der Waals surface area contributed by atoms with Crippen molar-refractivity contribution in [3.8, 4) is 17.2 Å². The van der Waals surface area contributed by atoms with Crippen molar-refractivity contribution < 1.29 is 19.0 Å². The van der Waals surface area contributed by atoms with Gasteiger partial charge in [0, 0.05) is 38.6 Å². The Morgan fingerprint density at radius 3 is 2.39 bits per heavy atom. The average molecular weight is 447 g/mol. The maximum Gasteiger partial charge on any atom is 0.281 e. The van der Waals surface area contributed by atoms with Gasteiger partial charge >= 0.3 is 0 Å². The van der Waals surface area contributed by atoms with Crippen LogP contribution >= 0.6 is 11.8 Å². The Balaban J connectivity index is 1.93. The molecule has 1 amide bonds. The van der Waals surface area contributed by atoms with Gasteiger partial charge in [0.1, 0.15) is 0 Å². The predicted octanol–water partition coefficient (Wildman–Crippen LogP) is 5.07. The minimum Gasteiger partial charge on any atom is -0.493 e. The molecule has 0 aromatic heterocycles. The molecule has 0 fully saturated rings. The minimum atomic E-state index is 0.128. The van der Waals surface area contributed by atoms with Crippen molar-refractivity contribution in [3.05, 3.63) is 47.7 Å². The van der Waals surface area contributed by atoms with Gasteiger partial charge < -0.3 is 24.0 Å². The van der Waals surface area contributed by atoms with Crippen LogP contribution in [-0.4, -0.2) is 69.3 Å². The van der Waals surface area contributed by atoms with E-state index in [0.29, 0.717) is 17.2 Å². The van der Waals surface area contributed by atoms with Crippen LogP contribution in [-0.2, 0) is 0 Å². The number of allylic oxidation sites excluding steroid dienone is 3. The van der Waals surface area contributed by atoms with Gasteiger partial charge in [-0.3, -0.25) is 4.79 Å². The lowest BCUT2D eigenvalue weighted by Gasteiger charge is -2.26. The van der Waals surface area contributed by atoms with Gasteiger partial charge in [0.25, 0.3) is 5.24 Å². The molecule has 1 aliphatic rings. The van der Waals surface area contributed by atoms with Crippen molar-refractivity contribution in [2.75, 3.05) is 54.3 Å². The maximum atomic E-state index is 11.6. The standard InChI is InChI=1S/C24H34N2O4S/c1-25(2)24(27)31-16-10-6-8-14-26-15-9-7-11-20(26)13-12-19-17-21(28-3)23(30-5)22(18-19)29-4/h7,9,11-13,17-18H,6,8,10,14-16H2,1-5H3/b13-12+. The number of carbonyl (C=O) groups is 1. The highest BCUT2D eigenvalue weighted by Gasteiger charge is 2.13. The summed E-state index contributed by atoms with van der Waals surface area (Å²) in [6.07, 6.45) is 13.8. The van der Waals surface area contributed by atoms with E-state index in [0.717, 1.165) is 43.7 Å². The SMILES string of the molecule is COc1cc(/C=C/C2=CC=CCN2CCCCCSC(=O)N(C)C)cc(OC)c1OC. The number of hydrogen-bond acceptors (Lipinski definition) is 6. The van der Waals surface area contributed by atoms with Gasteiger partial charge in [0.05, 0.1) is 21.3 Å². The zero-order chi connectivity index (χ0) is 22.6. The third-order valence-electron chi connectivity index (χ3n) is 4.89. The molecular weight excluding hydrogens is 412 g/mol. The first-order valence-corrected chi connectivity index (χ1v) is 11.4. The summed E-state index contributed by atoms with van der Waals surface area (Å²) >= 11 is 1.40. The van der Waals surface area contributed by atoms with Crippen LogP contribution in [0.5, 0.6) is 17.2 Å². The molecule has 6 nitrogen and oxygen atoms in total. The van der Waals surface area contributed by atoms with Gasteiger partial charge in [-0.1, -0.05) is 36.4 Å². The summed E-state index contributed by atoms with van der Waals surface area (Å²) in [5.41, 5.74) is 2.15. The molecule has 0 spiro atoms. The van der Waals surface area contributed by atoms with Crippen LogP contribution in [0.4, 0.5) is 4.79 Å². The maximum absolute atomic E-state index is 11.6. The highest BCUT2D eigenvalue weighted by molar-refractivity contribution is 8.13. The highest BCUT2D eigenvalue weighted by Crippen LogP contribution is 2.38. The number of amides is 1. The topological polar surface area (TPSA) is 51.2 Å². The van der Waals surface area contributed by atoms with Crippen LogP contribution in [0.3, 0.4) is 0 Å². The normalized spacial score (nSPS) is 13.3. The third-order valence-corrected chi connectivity index (χ3v) is 6.00. The van der Waals surface area contributed by atoms with E-state index in [4.69, 9.17) is 14.2 Å². The third kappa shape index (κ3) is 7.58. The lowest BCUT2D eigenvalue weighted by molar-refractivity contribution is 0.241. The van der Waals surface area contributed by atoms with Crippen LogP contribution < -0.4 is 14.2 Å². The Hall–Kier alpha value is -2.54. The summed E-state index contributed by atoms with van der Waals surface area (Å²) < 4.78 is 16.3. The second kappa shape index (κ2) is 13.0. The lowest BCUT2D eigenvalue weighted by Crippen LogP contribution is -2.25. The Morgan fingerprint density at radius 2 is 1.77 bits per heavy atom. The fourth-order valence-electron chi connectivity index (χ4n) is 3.20. The Labute approximate surface area is 190 Å². The van der Waals surface area contributed by atoms with E-state index in [1.54, 1.807) is 40.3 Å².